The van der Waals surface area contributed by atoms with Crippen LogP contribution >= 0.6 is 11.3 Å². The van der Waals surface area contributed by atoms with Crippen LogP contribution in [-0.4, -0.2) is 29.2 Å². The van der Waals surface area contributed by atoms with Gasteiger partial charge in [0.1, 0.15) is 0 Å². The molecule has 1 aromatic heterocycles. The highest BCUT2D eigenvalue weighted by atomic mass is 32.1. The standard InChI is InChI=1S/C18H23BN2O3S/c1-5-18(4)17(2,3)23-19(24-18)12-8-9-13-14(10-12)25-16(20-13)21-15(22)11-6-7-11/h8-11H,5-7H2,1-4H3,(H,20,21,22). The van der Waals surface area contributed by atoms with Gasteiger partial charge < -0.3 is 14.6 Å². The van der Waals surface area contributed by atoms with Crippen LogP contribution in [0, 0.1) is 5.92 Å². The van der Waals surface area contributed by atoms with Gasteiger partial charge in [-0.25, -0.2) is 4.98 Å². The highest BCUT2D eigenvalue weighted by Crippen LogP contribution is 2.39. The molecule has 0 spiro atoms. The Morgan fingerprint density at radius 2 is 2.12 bits per heavy atom. The SMILES string of the molecule is CCC1(C)OB(c2ccc3nc(NC(=O)C4CC4)sc3c2)OC1(C)C. The highest BCUT2D eigenvalue weighted by Gasteiger charge is 2.53. The zero-order chi connectivity index (χ0) is 17.8. The number of fused-ring (bicyclic) bond motifs is 1. The molecule has 1 saturated heterocycles. The molecule has 1 unspecified atom stereocenters. The number of hydrogen-bond acceptors (Lipinski definition) is 5. The topological polar surface area (TPSA) is 60.5 Å². The van der Waals surface area contributed by atoms with Gasteiger partial charge in [-0.05, 0) is 57.6 Å². The van der Waals surface area contributed by atoms with E-state index in [2.05, 4.69) is 44.1 Å². The van der Waals surface area contributed by atoms with Gasteiger partial charge in [-0.2, -0.15) is 0 Å². The second-order valence-corrected chi connectivity index (χ2v) is 8.70. The molecule has 25 heavy (non-hydrogen) atoms. The minimum Gasteiger partial charge on any atom is -0.399 e. The summed E-state index contributed by atoms with van der Waals surface area (Å²) in [4.78, 5) is 16.4. The quantitative estimate of drug-likeness (QED) is 0.852. The molecule has 5 nitrogen and oxygen atoms in total. The average molecular weight is 358 g/mol. The van der Waals surface area contributed by atoms with Crippen LogP contribution in [0.1, 0.15) is 47.0 Å². The van der Waals surface area contributed by atoms with Crippen molar-refractivity contribution in [2.45, 2.75) is 58.2 Å². The molecular weight excluding hydrogens is 335 g/mol. The number of nitrogens with zero attached hydrogens (tertiary/aromatic N) is 1. The number of anilines is 1. The Kier molecular flexibility index (Phi) is 3.94. The maximum Gasteiger partial charge on any atom is 0.494 e. The van der Waals surface area contributed by atoms with Gasteiger partial charge >= 0.3 is 7.12 Å². The summed E-state index contributed by atoms with van der Waals surface area (Å²) in [5.41, 5.74) is 1.21. The van der Waals surface area contributed by atoms with E-state index < -0.39 is 0 Å². The lowest BCUT2D eigenvalue weighted by molar-refractivity contribution is -0.117. The summed E-state index contributed by atoms with van der Waals surface area (Å²) in [6, 6.07) is 6.02. The number of nitrogens with one attached hydrogen (secondary N) is 1. The Labute approximate surface area is 152 Å². The van der Waals surface area contributed by atoms with Crippen LogP contribution in [0.5, 0.6) is 0 Å². The van der Waals surface area contributed by atoms with Crippen molar-refractivity contribution in [1.29, 1.82) is 0 Å². The molecule has 1 aliphatic heterocycles. The Bertz CT molecular complexity index is 833. The number of carbonyl (C=O) groups is 1. The Morgan fingerprint density at radius 3 is 2.76 bits per heavy atom. The van der Waals surface area contributed by atoms with E-state index in [1.807, 2.05) is 12.1 Å². The molecule has 2 heterocycles. The third-order valence-electron chi connectivity index (χ3n) is 5.58. The molecule has 0 radical (unpaired) electrons. The highest BCUT2D eigenvalue weighted by molar-refractivity contribution is 7.22. The first kappa shape index (κ1) is 17.0. The number of carbonyl (C=O) groups excluding carboxylic acids is 1. The van der Waals surface area contributed by atoms with Crippen LogP contribution in [0.25, 0.3) is 10.2 Å². The molecule has 2 aliphatic rings. The fourth-order valence-electron chi connectivity index (χ4n) is 3.13. The minimum absolute atomic E-state index is 0.0854. The summed E-state index contributed by atoms with van der Waals surface area (Å²) < 4.78 is 13.5. The van der Waals surface area contributed by atoms with Crippen molar-refractivity contribution in [1.82, 2.24) is 4.98 Å². The number of benzene rings is 1. The summed E-state index contributed by atoms with van der Waals surface area (Å²) in [7, 11) is -0.379. The molecule has 2 aromatic rings. The summed E-state index contributed by atoms with van der Waals surface area (Å²) in [6.45, 7) is 8.37. The van der Waals surface area contributed by atoms with E-state index in [9.17, 15) is 4.79 Å². The van der Waals surface area contributed by atoms with Gasteiger partial charge in [0.05, 0.1) is 21.4 Å². The Hall–Kier alpha value is -1.44. The third-order valence-corrected chi connectivity index (χ3v) is 6.51. The van der Waals surface area contributed by atoms with E-state index in [1.165, 1.54) is 11.3 Å². The molecule has 1 aliphatic carbocycles. The van der Waals surface area contributed by atoms with Crippen molar-refractivity contribution in [3.05, 3.63) is 18.2 Å². The average Bonchev–Trinajstić information content (AvgIpc) is 3.29. The first-order valence-electron chi connectivity index (χ1n) is 8.88. The van der Waals surface area contributed by atoms with Gasteiger partial charge in [0.25, 0.3) is 0 Å². The van der Waals surface area contributed by atoms with Crippen molar-refractivity contribution in [2.24, 2.45) is 5.92 Å². The molecule has 1 amide bonds. The van der Waals surface area contributed by atoms with Gasteiger partial charge in [-0.1, -0.05) is 24.3 Å². The monoisotopic (exact) mass is 358 g/mol. The van der Waals surface area contributed by atoms with E-state index in [0.717, 1.165) is 34.9 Å². The van der Waals surface area contributed by atoms with E-state index >= 15 is 0 Å². The van der Waals surface area contributed by atoms with Crippen LogP contribution in [0.3, 0.4) is 0 Å². The van der Waals surface area contributed by atoms with Crippen molar-refractivity contribution in [3.8, 4) is 0 Å². The first-order valence-corrected chi connectivity index (χ1v) is 9.70. The first-order chi connectivity index (χ1) is 11.8. The third kappa shape index (κ3) is 2.98. The lowest BCUT2D eigenvalue weighted by atomic mass is 9.79. The van der Waals surface area contributed by atoms with E-state index in [-0.39, 0.29) is 30.1 Å². The smallest absolute Gasteiger partial charge is 0.399 e. The number of hydrogen-bond donors (Lipinski definition) is 1. The number of aromatic nitrogens is 1. The van der Waals surface area contributed by atoms with Crippen LogP contribution in [-0.2, 0) is 14.1 Å². The number of thiazole rings is 1. The number of amides is 1. The molecule has 4 rings (SSSR count). The normalized spacial score (nSPS) is 25.5. The molecule has 1 atom stereocenters. The summed E-state index contributed by atoms with van der Waals surface area (Å²) in [5.74, 6) is 0.263. The predicted molar refractivity (Wildman–Crippen MR) is 101 cm³/mol. The second kappa shape index (κ2) is 5.79. The molecular formula is C18H23BN2O3S. The van der Waals surface area contributed by atoms with Gasteiger partial charge in [0.2, 0.25) is 5.91 Å². The van der Waals surface area contributed by atoms with E-state index in [1.54, 1.807) is 0 Å². The largest absolute Gasteiger partial charge is 0.494 e. The molecule has 132 valence electrons. The fraction of sp³-hybridized carbons (Fsp3) is 0.556. The van der Waals surface area contributed by atoms with Crippen molar-refractivity contribution in [3.63, 3.8) is 0 Å². The molecule has 1 aromatic carbocycles. The van der Waals surface area contributed by atoms with Gasteiger partial charge in [-0.15, -0.1) is 0 Å². The van der Waals surface area contributed by atoms with E-state index in [0.29, 0.717) is 5.13 Å². The molecule has 2 fully saturated rings. The molecule has 1 saturated carbocycles. The Morgan fingerprint density at radius 1 is 1.36 bits per heavy atom. The van der Waals surface area contributed by atoms with Gasteiger partial charge in [-0.3, -0.25) is 4.79 Å². The van der Waals surface area contributed by atoms with Gasteiger partial charge in [0, 0.05) is 5.92 Å². The van der Waals surface area contributed by atoms with Crippen molar-refractivity contribution in [2.75, 3.05) is 5.32 Å². The summed E-state index contributed by atoms with van der Waals surface area (Å²) >= 11 is 1.50. The summed E-state index contributed by atoms with van der Waals surface area (Å²) in [5, 5.41) is 3.59. The lowest BCUT2D eigenvalue weighted by Gasteiger charge is -2.35. The lowest BCUT2D eigenvalue weighted by Crippen LogP contribution is -2.44. The van der Waals surface area contributed by atoms with Crippen molar-refractivity contribution >= 4 is 45.2 Å². The van der Waals surface area contributed by atoms with Crippen molar-refractivity contribution < 1.29 is 14.1 Å². The zero-order valence-electron chi connectivity index (χ0n) is 15.1. The minimum atomic E-state index is -0.379. The Balaban J connectivity index is 1.58. The molecule has 1 N–H and O–H groups in total. The predicted octanol–water partition coefficient (Wildman–Crippen LogP) is 3.33. The van der Waals surface area contributed by atoms with Gasteiger partial charge in [0.15, 0.2) is 5.13 Å². The maximum absolute atomic E-state index is 11.9. The van der Waals surface area contributed by atoms with E-state index in [4.69, 9.17) is 9.31 Å². The van der Waals surface area contributed by atoms with Crippen LogP contribution in [0.2, 0.25) is 0 Å². The fourth-order valence-corrected chi connectivity index (χ4v) is 4.05. The zero-order valence-corrected chi connectivity index (χ0v) is 15.9. The molecule has 7 heteroatoms. The summed E-state index contributed by atoms with van der Waals surface area (Å²) in [6.07, 6.45) is 2.86. The number of rotatable bonds is 4. The maximum atomic E-state index is 11.9. The molecule has 0 bridgehead atoms. The van der Waals surface area contributed by atoms with Crippen LogP contribution in [0.4, 0.5) is 5.13 Å². The van der Waals surface area contributed by atoms with Crippen LogP contribution in [0.15, 0.2) is 18.2 Å². The van der Waals surface area contributed by atoms with Crippen LogP contribution < -0.4 is 10.8 Å². The second-order valence-electron chi connectivity index (χ2n) is 7.67.